The first-order valence-corrected chi connectivity index (χ1v) is 12.2. The van der Waals surface area contributed by atoms with Gasteiger partial charge in [0.1, 0.15) is 0 Å². The first kappa shape index (κ1) is 23.0. The maximum absolute atomic E-state index is 12.4. The molecule has 2 aliphatic heterocycles. The van der Waals surface area contributed by atoms with Crippen LogP contribution >= 0.6 is 0 Å². The zero-order valence-electron chi connectivity index (χ0n) is 18.4. The molecule has 0 spiro atoms. The van der Waals surface area contributed by atoms with Crippen LogP contribution in [0.1, 0.15) is 30.9 Å². The van der Waals surface area contributed by atoms with Crippen LogP contribution in [0.3, 0.4) is 0 Å². The van der Waals surface area contributed by atoms with Crippen molar-refractivity contribution in [3.05, 3.63) is 35.4 Å². The van der Waals surface area contributed by atoms with Gasteiger partial charge in [-0.2, -0.15) is 17.0 Å². The summed E-state index contributed by atoms with van der Waals surface area (Å²) in [6.45, 7) is 7.54. The zero-order chi connectivity index (χ0) is 21.7. The molecule has 3 rings (SSSR count). The molecule has 168 valence electrons. The highest BCUT2D eigenvalue weighted by molar-refractivity contribution is 7.86. The minimum Gasteiger partial charge on any atom is -0.334 e. The smallest absolute Gasteiger partial charge is 0.317 e. The van der Waals surface area contributed by atoms with E-state index in [1.165, 1.54) is 54.2 Å². The fourth-order valence-electron chi connectivity index (χ4n) is 3.88. The summed E-state index contributed by atoms with van der Waals surface area (Å²) in [4.78, 5) is 16.6. The topological polar surface area (TPSA) is 76.2 Å². The van der Waals surface area contributed by atoms with Gasteiger partial charge in [0.15, 0.2) is 0 Å². The lowest BCUT2D eigenvalue weighted by Crippen LogP contribution is -2.54. The van der Waals surface area contributed by atoms with Gasteiger partial charge in [0.2, 0.25) is 0 Å². The van der Waals surface area contributed by atoms with Crippen molar-refractivity contribution in [2.45, 2.75) is 32.9 Å². The second-order valence-electron chi connectivity index (χ2n) is 8.61. The van der Waals surface area contributed by atoms with Gasteiger partial charge in [-0.3, -0.25) is 4.90 Å². The van der Waals surface area contributed by atoms with Crippen LogP contribution in [0, 0.1) is 5.92 Å². The Kier molecular flexibility index (Phi) is 7.73. The molecule has 0 atom stereocenters. The Morgan fingerprint density at radius 1 is 1.00 bits per heavy atom. The van der Waals surface area contributed by atoms with Gasteiger partial charge in [0, 0.05) is 53.4 Å². The molecule has 2 aliphatic rings. The summed E-state index contributed by atoms with van der Waals surface area (Å²) in [5, 5.41) is 2.95. The third-order valence-electron chi connectivity index (χ3n) is 6.06. The zero-order valence-corrected chi connectivity index (χ0v) is 19.2. The van der Waals surface area contributed by atoms with E-state index in [1.54, 1.807) is 4.90 Å². The van der Waals surface area contributed by atoms with E-state index < -0.39 is 10.2 Å². The second-order valence-corrected chi connectivity index (χ2v) is 10.8. The predicted octanol–water partition coefficient (Wildman–Crippen LogP) is 1.55. The van der Waals surface area contributed by atoms with Gasteiger partial charge in [0.05, 0.1) is 0 Å². The number of likely N-dealkylation sites (tertiary alicyclic amines) is 1. The van der Waals surface area contributed by atoms with Crippen molar-refractivity contribution in [2.24, 2.45) is 5.92 Å². The molecule has 1 aromatic rings. The number of amides is 2. The highest BCUT2D eigenvalue weighted by Crippen LogP contribution is 2.18. The Balaban J connectivity index is 1.42. The van der Waals surface area contributed by atoms with Gasteiger partial charge >= 0.3 is 6.03 Å². The molecular weight excluding hydrogens is 402 g/mol. The van der Waals surface area contributed by atoms with Crippen molar-refractivity contribution >= 4 is 16.2 Å². The molecule has 30 heavy (non-hydrogen) atoms. The SMILES string of the molecule is CC1CCN(Cc2ccc(CNC(=O)N3CCN(S(=O)(=O)N(C)C)CC3)cc2)CC1. The van der Waals surface area contributed by atoms with Crippen LogP contribution in [-0.2, 0) is 23.3 Å². The Bertz CT molecular complexity index is 796. The fraction of sp³-hybridized carbons (Fsp3) is 0.667. The minimum absolute atomic E-state index is 0.150. The summed E-state index contributed by atoms with van der Waals surface area (Å²) in [5.41, 5.74) is 2.37. The Morgan fingerprint density at radius 3 is 2.13 bits per heavy atom. The molecule has 0 unspecified atom stereocenters. The lowest BCUT2D eigenvalue weighted by Gasteiger charge is -2.35. The molecule has 9 heteroatoms. The van der Waals surface area contributed by atoms with E-state index in [9.17, 15) is 13.2 Å². The van der Waals surface area contributed by atoms with Gasteiger partial charge in [0.25, 0.3) is 10.2 Å². The van der Waals surface area contributed by atoms with E-state index >= 15 is 0 Å². The molecule has 0 aromatic heterocycles. The monoisotopic (exact) mass is 437 g/mol. The summed E-state index contributed by atoms with van der Waals surface area (Å²) < 4.78 is 27.0. The molecular formula is C21H35N5O3S. The number of rotatable bonds is 6. The van der Waals surface area contributed by atoms with E-state index in [-0.39, 0.29) is 6.03 Å². The van der Waals surface area contributed by atoms with Crippen LogP contribution < -0.4 is 5.32 Å². The van der Waals surface area contributed by atoms with Gasteiger partial charge in [-0.1, -0.05) is 31.2 Å². The maximum Gasteiger partial charge on any atom is 0.317 e. The number of urea groups is 1. The van der Waals surface area contributed by atoms with Crippen molar-refractivity contribution in [1.82, 2.24) is 23.7 Å². The molecule has 8 nitrogen and oxygen atoms in total. The predicted molar refractivity (Wildman–Crippen MR) is 118 cm³/mol. The van der Waals surface area contributed by atoms with Crippen molar-refractivity contribution in [2.75, 3.05) is 53.4 Å². The Labute approximate surface area is 181 Å². The van der Waals surface area contributed by atoms with E-state index in [4.69, 9.17) is 0 Å². The summed E-state index contributed by atoms with van der Waals surface area (Å²) in [6, 6.07) is 8.28. The summed E-state index contributed by atoms with van der Waals surface area (Å²) in [5.74, 6) is 0.840. The molecule has 1 N–H and O–H groups in total. The first-order valence-electron chi connectivity index (χ1n) is 10.8. The molecule has 0 saturated carbocycles. The average Bonchev–Trinajstić information content (AvgIpc) is 2.74. The van der Waals surface area contributed by atoms with E-state index in [1.807, 2.05) is 0 Å². The first-order chi connectivity index (χ1) is 14.3. The second kappa shape index (κ2) is 10.1. The number of benzene rings is 1. The van der Waals surface area contributed by atoms with E-state index in [2.05, 4.69) is 41.4 Å². The summed E-state index contributed by atoms with van der Waals surface area (Å²) in [6.07, 6.45) is 2.55. The van der Waals surface area contributed by atoms with Gasteiger partial charge in [-0.05, 0) is 43.0 Å². The number of piperidine rings is 1. The van der Waals surface area contributed by atoms with Crippen LogP contribution in [0.25, 0.3) is 0 Å². The highest BCUT2D eigenvalue weighted by atomic mass is 32.2. The summed E-state index contributed by atoms with van der Waals surface area (Å²) >= 11 is 0. The lowest BCUT2D eigenvalue weighted by atomic mass is 9.99. The number of nitrogens with one attached hydrogen (secondary N) is 1. The van der Waals surface area contributed by atoms with Crippen LogP contribution in [0.5, 0.6) is 0 Å². The molecule has 2 fully saturated rings. The van der Waals surface area contributed by atoms with Crippen molar-refractivity contribution in [3.8, 4) is 0 Å². The van der Waals surface area contributed by atoms with E-state index in [0.717, 1.165) is 18.0 Å². The Morgan fingerprint density at radius 2 is 1.57 bits per heavy atom. The van der Waals surface area contributed by atoms with Crippen molar-refractivity contribution in [1.29, 1.82) is 0 Å². The van der Waals surface area contributed by atoms with E-state index in [0.29, 0.717) is 32.7 Å². The number of carbonyl (C=O) groups is 1. The lowest BCUT2D eigenvalue weighted by molar-refractivity contribution is 0.170. The van der Waals surface area contributed by atoms with Gasteiger partial charge < -0.3 is 10.2 Å². The number of hydrogen-bond acceptors (Lipinski definition) is 4. The van der Waals surface area contributed by atoms with Crippen LogP contribution in [-0.4, -0.2) is 86.2 Å². The normalized spacial score (nSPS) is 19.9. The van der Waals surface area contributed by atoms with Crippen LogP contribution in [0.2, 0.25) is 0 Å². The quantitative estimate of drug-likeness (QED) is 0.733. The third kappa shape index (κ3) is 5.94. The van der Waals surface area contributed by atoms with Gasteiger partial charge in [-0.25, -0.2) is 4.79 Å². The maximum atomic E-state index is 12.4. The average molecular weight is 438 g/mol. The van der Waals surface area contributed by atoms with Gasteiger partial charge in [-0.15, -0.1) is 0 Å². The third-order valence-corrected chi connectivity index (χ3v) is 8.00. The molecule has 1 aromatic carbocycles. The molecule has 0 radical (unpaired) electrons. The molecule has 0 aliphatic carbocycles. The molecule has 0 bridgehead atoms. The van der Waals surface area contributed by atoms with Crippen LogP contribution in [0.4, 0.5) is 4.79 Å². The standard InChI is InChI=1S/C21H35N5O3S/c1-18-8-10-24(11-9-18)17-20-6-4-19(5-7-20)16-22-21(27)25-12-14-26(15-13-25)30(28,29)23(2)3/h4-7,18H,8-17H2,1-3H3,(H,22,27). The molecule has 2 heterocycles. The Hall–Kier alpha value is -1.68. The number of hydrogen-bond donors (Lipinski definition) is 1. The summed E-state index contributed by atoms with van der Waals surface area (Å²) in [7, 11) is -0.376. The van der Waals surface area contributed by atoms with Crippen molar-refractivity contribution < 1.29 is 13.2 Å². The fourth-order valence-corrected chi connectivity index (χ4v) is 4.97. The minimum atomic E-state index is -3.42. The number of nitrogens with zero attached hydrogens (tertiary/aromatic N) is 4. The number of piperazine rings is 1. The van der Waals surface area contributed by atoms with Crippen LogP contribution in [0.15, 0.2) is 24.3 Å². The molecule has 2 saturated heterocycles. The molecule has 2 amide bonds. The largest absolute Gasteiger partial charge is 0.334 e. The van der Waals surface area contributed by atoms with Crippen molar-refractivity contribution in [3.63, 3.8) is 0 Å². The number of carbonyl (C=O) groups excluding carboxylic acids is 1. The highest BCUT2D eigenvalue weighted by Gasteiger charge is 2.30.